The molecule has 5 N–H and O–H groups in total. The lowest BCUT2D eigenvalue weighted by molar-refractivity contribution is 0.100. The van der Waals surface area contributed by atoms with Crippen LogP contribution in [-0.2, 0) is 0 Å². The fourth-order valence-corrected chi connectivity index (χ4v) is 2.04. The van der Waals surface area contributed by atoms with Gasteiger partial charge in [0.15, 0.2) is 0 Å². The Bertz CT molecular complexity index is 438. The Balaban J connectivity index is 2.13. The van der Waals surface area contributed by atoms with Crippen molar-refractivity contribution in [3.8, 4) is 0 Å². The van der Waals surface area contributed by atoms with Crippen molar-refractivity contribution < 1.29 is 4.79 Å². The molecule has 1 aliphatic rings. The zero-order valence-electron chi connectivity index (χ0n) is 10.1. The summed E-state index contributed by atoms with van der Waals surface area (Å²) in [5.74, 6) is -0.422. The van der Waals surface area contributed by atoms with Crippen LogP contribution in [0.1, 0.15) is 36.5 Å². The summed E-state index contributed by atoms with van der Waals surface area (Å²) < 4.78 is 0. The smallest absolute Gasteiger partial charge is 0.250 e. The molecular formula is C13H19N3O. The molecule has 0 spiro atoms. The normalized spacial score (nSPS) is 16.5. The zero-order chi connectivity index (χ0) is 12.5. The molecular weight excluding hydrogens is 214 g/mol. The summed E-state index contributed by atoms with van der Waals surface area (Å²) in [6, 6.07) is 5.13. The van der Waals surface area contributed by atoms with Crippen molar-refractivity contribution in [3.05, 3.63) is 23.8 Å². The van der Waals surface area contributed by atoms with Crippen LogP contribution in [0.2, 0.25) is 0 Å². The summed E-state index contributed by atoms with van der Waals surface area (Å²) in [6.45, 7) is 3.08. The summed E-state index contributed by atoms with van der Waals surface area (Å²) >= 11 is 0. The van der Waals surface area contributed by atoms with Crippen molar-refractivity contribution in [3.63, 3.8) is 0 Å². The predicted molar refractivity (Wildman–Crippen MR) is 69.8 cm³/mol. The van der Waals surface area contributed by atoms with Gasteiger partial charge in [-0.05, 0) is 42.9 Å². The van der Waals surface area contributed by atoms with Crippen LogP contribution in [0.15, 0.2) is 18.2 Å². The highest BCUT2D eigenvalue weighted by atomic mass is 16.1. The molecule has 17 heavy (non-hydrogen) atoms. The molecule has 0 heterocycles. The van der Waals surface area contributed by atoms with Gasteiger partial charge in [0.25, 0.3) is 5.91 Å². The standard InChI is InChI=1S/C13H19N3O/c1-2-13(5-6-13)8-16-11-7-9(14)3-4-10(11)12(15)17/h3-4,7,16H,2,5-6,8,14H2,1H3,(H2,15,17). The van der Waals surface area contributed by atoms with Crippen molar-refractivity contribution in [2.24, 2.45) is 11.1 Å². The molecule has 4 heteroatoms. The molecule has 1 saturated carbocycles. The monoisotopic (exact) mass is 233 g/mol. The Morgan fingerprint density at radius 3 is 2.71 bits per heavy atom. The summed E-state index contributed by atoms with van der Waals surface area (Å²) in [6.07, 6.45) is 3.67. The maximum absolute atomic E-state index is 11.3. The number of amides is 1. The van der Waals surface area contributed by atoms with Gasteiger partial charge in [-0.25, -0.2) is 0 Å². The van der Waals surface area contributed by atoms with E-state index < -0.39 is 5.91 Å². The third-order valence-corrected chi connectivity index (χ3v) is 3.67. The van der Waals surface area contributed by atoms with E-state index in [-0.39, 0.29) is 0 Å². The molecule has 0 unspecified atom stereocenters. The molecule has 1 fully saturated rings. The molecule has 1 aliphatic carbocycles. The lowest BCUT2D eigenvalue weighted by Gasteiger charge is -2.16. The van der Waals surface area contributed by atoms with Gasteiger partial charge in [-0.3, -0.25) is 4.79 Å². The first-order valence-corrected chi connectivity index (χ1v) is 5.99. The highest BCUT2D eigenvalue weighted by Gasteiger charge is 2.40. The van der Waals surface area contributed by atoms with Crippen LogP contribution in [0.4, 0.5) is 11.4 Å². The lowest BCUT2D eigenvalue weighted by Crippen LogP contribution is -2.19. The number of rotatable bonds is 5. The molecule has 92 valence electrons. The fourth-order valence-electron chi connectivity index (χ4n) is 2.04. The number of benzene rings is 1. The molecule has 2 rings (SSSR count). The average molecular weight is 233 g/mol. The van der Waals surface area contributed by atoms with E-state index >= 15 is 0 Å². The van der Waals surface area contributed by atoms with Crippen molar-refractivity contribution in [1.82, 2.24) is 0 Å². The number of primary amides is 1. The zero-order valence-corrected chi connectivity index (χ0v) is 10.1. The third kappa shape index (κ3) is 2.52. The van der Waals surface area contributed by atoms with Gasteiger partial charge >= 0.3 is 0 Å². The molecule has 0 aliphatic heterocycles. The Kier molecular flexibility index (Phi) is 2.96. The van der Waals surface area contributed by atoms with Crippen LogP contribution in [-0.4, -0.2) is 12.5 Å². The number of carbonyl (C=O) groups is 1. The topological polar surface area (TPSA) is 81.1 Å². The maximum Gasteiger partial charge on any atom is 0.250 e. The van der Waals surface area contributed by atoms with Gasteiger partial charge in [0, 0.05) is 17.9 Å². The number of hydrogen-bond donors (Lipinski definition) is 3. The van der Waals surface area contributed by atoms with E-state index in [9.17, 15) is 4.79 Å². The second kappa shape index (κ2) is 4.28. The Labute approximate surface area is 101 Å². The number of nitrogen functional groups attached to an aromatic ring is 1. The molecule has 4 nitrogen and oxygen atoms in total. The number of nitrogens with two attached hydrogens (primary N) is 2. The molecule has 0 bridgehead atoms. The number of carbonyl (C=O) groups excluding carboxylic acids is 1. The minimum atomic E-state index is -0.422. The molecule has 1 amide bonds. The van der Waals surface area contributed by atoms with Crippen molar-refractivity contribution in [1.29, 1.82) is 0 Å². The summed E-state index contributed by atoms with van der Waals surface area (Å²) in [5, 5.41) is 3.31. The van der Waals surface area contributed by atoms with E-state index in [1.807, 2.05) is 0 Å². The van der Waals surface area contributed by atoms with Crippen LogP contribution in [0, 0.1) is 5.41 Å². The van der Waals surface area contributed by atoms with Crippen LogP contribution in [0.25, 0.3) is 0 Å². The highest BCUT2D eigenvalue weighted by molar-refractivity contribution is 5.99. The van der Waals surface area contributed by atoms with Gasteiger partial charge < -0.3 is 16.8 Å². The minimum Gasteiger partial charge on any atom is -0.399 e. The van der Waals surface area contributed by atoms with Gasteiger partial charge in [-0.1, -0.05) is 6.92 Å². The van der Waals surface area contributed by atoms with Crippen molar-refractivity contribution in [2.75, 3.05) is 17.6 Å². The summed E-state index contributed by atoms with van der Waals surface area (Å²) in [4.78, 5) is 11.3. The van der Waals surface area contributed by atoms with Gasteiger partial charge in [0.05, 0.1) is 5.56 Å². The summed E-state index contributed by atoms with van der Waals surface area (Å²) in [7, 11) is 0. The third-order valence-electron chi connectivity index (χ3n) is 3.67. The van der Waals surface area contributed by atoms with Gasteiger partial charge in [-0.15, -0.1) is 0 Å². The van der Waals surface area contributed by atoms with E-state index in [0.717, 1.165) is 18.7 Å². The molecule has 0 aromatic heterocycles. The molecule has 0 radical (unpaired) electrons. The second-order valence-electron chi connectivity index (χ2n) is 4.88. The van der Waals surface area contributed by atoms with Gasteiger partial charge in [0.2, 0.25) is 0 Å². The van der Waals surface area contributed by atoms with Crippen molar-refractivity contribution in [2.45, 2.75) is 26.2 Å². The fraction of sp³-hybridized carbons (Fsp3) is 0.462. The number of hydrogen-bond acceptors (Lipinski definition) is 3. The van der Waals surface area contributed by atoms with E-state index in [0.29, 0.717) is 16.7 Å². The van der Waals surface area contributed by atoms with Crippen LogP contribution in [0.3, 0.4) is 0 Å². The first-order chi connectivity index (χ1) is 8.06. The van der Waals surface area contributed by atoms with Gasteiger partial charge in [0.1, 0.15) is 0 Å². The van der Waals surface area contributed by atoms with Crippen LogP contribution >= 0.6 is 0 Å². The number of anilines is 2. The Hall–Kier alpha value is -1.71. The first-order valence-electron chi connectivity index (χ1n) is 5.99. The van der Waals surface area contributed by atoms with Gasteiger partial charge in [-0.2, -0.15) is 0 Å². The largest absolute Gasteiger partial charge is 0.399 e. The van der Waals surface area contributed by atoms with E-state index in [4.69, 9.17) is 11.5 Å². The number of nitrogens with one attached hydrogen (secondary N) is 1. The van der Waals surface area contributed by atoms with Crippen molar-refractivity contribution >= 4 is 17.3 Å². The van der Waals surface area contributed by atoms with E-state index in [2.05, 4.69) is 12.2 Å². The molecule has 0 saturated heterocycles. The van der Waals surface area contributed by atoms with Crippen LogP contribution in [0.5, 0.6) is 0 Å². The lowest BCUT2D eigenvalue weighted by atomic mass is 10.0. The average Bonchev–Trinajstić information content (AvgIpc) is 3.07. The summed E-state index contributed by atoms with van der Waals surface area (Å²) in [5.41, 5.74) is 13.4. The van der Waals surface area contributed by atoms with Crippen LogP contribution < -0.4 is 16.8 Å². The first kappa shape index (κ1) is 11.8. The second-order valence-corrected chi connectivity index (χ2v) is 4.88. The minimum absolute atomic E-state index is 0.416. The molecule has 1 aromatic carbocycles. The highest BCUT2D eigenvalue weighted by Crippen LogP contribution is 2.48. The predicted octanol–water partition coefficient (Wildman–Crippen LogP) is 1.97. The Morgan fingerprint density at radius 1 is 1.47 bits per heavy atom. The SMILES string of the molecule is CCC1(CNc2cc(N)ccc2C(N)=O)CC1. The Morgan fingerprint density at radius 2 is 2.18 bits per heavy atom. The maximum atomic E-state index is 11.3. The molecule has 1 aromatic rings. The molecule has 0 atom stereocenters. The van der Waals surface area contributed by atoms with E-state index in [1.54, 1.807) is 18.2 Å². The van der Waals surface area contributed by atoms with E-state index in [1.165, 1.54) is 12.8 Å². The quantitative estimate of drug-likeness (QED) is 0.680.